The Hall–Kier alpha value is -2.13. The molecule has 6 nitrogen and oxygen atoms in total. The first-order chi connectivity index (χ1) is 14.8. The van der Waals surface area contributed by atoms with Crippen molar-refractivity contribution in [2.45, 2.75) is 32.1 Å². The lowest BCUT2D eigenvalue weighted by Crippen LogP contribution is -2.24. The molecule has 0 unspecified atom stereocenters. The summed E-state index contributed by atoms with van der Waals surface area (Å²) in [6.07, 6.45) is 6.75. The molecule has 0 aromatic carbocycles. The molecule has 0 radical (unpaired) electrons. The van der Waals surface area contributed by atoms with Crippen LogP contribution in [-0.4, -0.2) is 42.7 Å². The van der Waals surface area contributed by atoms with Crippen molar-refractivity contribution in [1.29, 1.82) is 0 Å². The molecule has 0 atom stereocenters. The molecular formula is C22H26N4O2S2. The van der Waals surface area contributed by atoms with Crippen LogP contribution in [-0.2, 0) is 22.4 Å². The van der Waals surface area contributed by atoms with Crippen molar-refractivity contribution in [2.24, 2.45) is 0 Å². The maximum absolute atomic E-state index is 12.6. The van der Waals surface area contributed by atoms with Gasteiger partial charge in [-0.1, -0.05) is 6.07 Å². The number of hydrogen-bond acceptors (Lipinski definition) is 7. The maximum atomic E-state index is 12.6. The summed E-state index contributed by atoms with van der Waals surface area (Å²) in [6.45, 7) is 2.03. The van der Waals surface area contributed by atoms with E-state index in [1.54, 1.807) is 36.0 Å². The van der Waals surface area contributed by atoms with Gasteiger partial charge in [-0.3, -0.25) is 9.78 Å². The number of methoxy groups -OCH3 is 1. The Bertz CT molecular complexity index is 984. The fourth-order valence-corrected chi connectivity index (χ4v) is 5.85. The van der Waals surface area contributed by atoms with Crippen LogP contribution in [0.1, 0.15) is 29.7 Å². The van der Waals surface area contributed by atoms with Gasteiger partial charge in [-0.15, -0.1) is 22.7 Å². The molecule has 1 aliphatic carbocycles. The summed E-state index contributed by atoms with van der Waals surface area (Å²) in [5.41, 5.74) is 4.23. The van der Waals surface area contributed by atoms with E-state index in [4.69, 9.17) is 9.72 Å². The average molecular weight is 443 g/mol. The van der Waals surface area contributed by atoms with Crippen LogP contribution in [0.4, 0.5) is 5.00 Å². The quantitative estimate of drug-likeness (QED) is 0.481. The molecule has 8 heteroatoms. The smallest absolute Gasteiger partial charge is 0.226 e. The normalized spacial score (nSPS) is 13.2. The number of aromatic nitrogens is 2. The van der Waals surface area contributed by atoms with Gasteiger partial charge >= 0.3 is 0 Å². The molecule has 0 aliphatic heterocycles. The monoisotopic (exact) mass is 442 g/mol. The van der Waals surface area contributed by atoms with E-state index < -0.39 is 0 Å². The number of aryl methyl sites for hydroxylation is 1. The molecule has 1 aliphatic rings. The lowest BCUT2D eigenvalue weighted by atomic mass is 9.95. The highest BCUT2D eigenvalue weighted by Crippen LogP contribution is 2.45. The number of carbonyl (C=O) groups excluding carboxylic acids is 1. The van der Waals surface area contributed by atoms with Crippen molar-refractivity contribution in [1.82, 2.24) is 15.3 Å². The Kier molecular flexibility index (Phi) is 7.22. The summed E-state index contributed by atoms with van der Waals surface area (Å²) in [5, 5.41) is 10.3. The summed E-state index contributed by atoms with van der Waals surface area (Å²) in [6, 6.07) is 5.85. The van der Waals surface area contributed by atoms with Crippen LogP contribution < -0.4 is 10.6 Å². The SMILES string of the molecule is COCCNCCC(=O)Nc1sc2c(c1-c1nc(-c3ccccn3)cs1)CCCC2. The van der Waals surface area contributed by atoms with Gasteiger partial charge in [0.1, 0.15) is 15.7 Å². The Balaban J connectivity index is 1.55. The van der Waals surface area contributed by atoms with Crippen LogP contribution in [0, 0.1) is 0 Å². The highest BCUT2D eigenvalue weighted by atomic mass is 32.1. The van der Waals surface area contributed by atoms with Crippen molar-refractivity contribution >= 4 is 33.6 Å². The molecule has 0 saturated carbocycles. The van der Waals surface area contributed by atoms with E-state index >= 15 is 0 Å². The fraction of sp³-hybridized carbons (Fsp3) is 0.409. The third-order valence-electron chi connectivity index (χ3n) is 5.08. The molecule has 3 heterocycles. The fourth-order valence-electron chi connectivity index (χ4n) is 3.59. The third kappa shape index (κ3) is 4.95. The van der Waals surface area contributed by atoms with Crippen LogP contribution in [0.2, 0.25) is 0 Å². The molecule has 3 aromatic rings. The Morgan fingerprint density at radius 1 is 1.20 bits per heavy atom. The number of nitrogens with one attached hydrogen (secondary N) is 2. The number of rotatable bonds is 9. The summed E-state index contributed by atoms with van der Waals surface area (Å²) < 4.78 is 5.02. The third-order valence-corrected chi connectivity index (χ3v) is 7.15. The van der Waals surface area contributed by atoms with E-state index in [-0.39, 0.29) is 5.91 Å². The van der Waals surface area contributed by atoms with E-state index in [1.807, 2.05) is 18.2 Å². The summed E-state index contributed by atoms with van der Waals surface area (Å²) in [7, 11) is 1.67. The average Bonchev–Trinajstić information content (AvgIpc) is 3.38. The molecule has 3 aromatic heterocycles. The summed E-state index contributed by atoms with van der Waals surface area (Å²) >= 11 is 3.34. The number of fused-ring (bicyclic) bond motifs is 1. The Labute approximate surface area is 184 Å². The van der Waals surface area contributed by atoms with Crippen molar-refractivity contribution in [2.75, 3.05) is 32.1 Å². The molecule has 158 valence electrons. The van der Waals surface area contributed by atoms with Crippen LogP contribution in [0.15, 0.2) is 29.8 Å². The first kappa shape index (κ1) is 21.1. The van der Waals surface area contributed by atoms with E-state index in [0.29, 0.717) is 19.6 Å². The van der Waals surface area contributed by atoms with Gasteiger partial charge in [0.15, 0.2) is 0 Å². The predicted molar refractivity (Wildman–Crippen MR) is 123 cm³/mol. The van der Waals surface area contributed by atoms with E-state index in [1.165, 1.54) is 23.3 Å². The molecule has 0 saturated heterocycles. The highest BCUT2D eigenvalue weighted by Gasteiger charge is 2.25. The number of thiazole rings is 1. The lowest BCUT2D eigenvalue weighted by Gasteiger charge is -2.12. The first-order valence-corrected chi connectivity index (χ1v) is 12.0. The number of nitrogens with zero attached hydrogens (tertiary/aromatic N) is 2. The number of carbonyl (C=O) groups is 1. The lowest BCUT2D eigenvalue weighted by molar-refractivity contribution is -0.116. The number of thiophene rings is 1. The van der Waals surface area contributed by atoms with Crippen molar-refractivity contribution in [3.8, 4) is 22.0 Å². The van der Waals surface area contributed by atoms with Gasteiger partial charge in [0.05, 0.1) is 12.3 Å². The molecule has 30 heavy (non-hydrogen) atoms. The maximum Gasteiger partial charge on any atom is 0.226 e. The minimum Gasteiger partial charge on any atom is -0.383 e. The minimum absolute atomic E-state index is 0.0290. The van der Waals surface area contributed by atoms with Crippen LogP contribution in [0.3, 0.4) is 0 Å². The molecular weight excluding hydrogens is 416 g/mol. The first-order valence-electron chi connectivity index (χ1n) is 10.3. The van der Waals surface area contributed by atoms with Crippen LogP contribution in [0.5, 0.6) is 0 Å². The summed E-state index contributed by atoms with van der Waals surface area (Å²) in [5.74, 6) is 0.0290. The molecule has 1 amide bonds. The van der Waals surface area contributed by atoms with E-state index in [9.17, 15) is 4.79 Å². The number of hydrogen-bond donors (Lipinski definition) is 2. The minimum atomic E-state index is 0.0290. The van der Waals surface area contributed by atoms with Gasteiger partial charge in [0.25, 0.3) is 0 Å². The zero-order valence-corrected chi connectivity index (χ0v) is 18.7. The zero-order valence-electron chi connectivity index (χ0n) is 17.1. The number of pyridine rings is 1. The van der Waals surface area contributed by atoms with E-state index in [2.05, 4.69) is 21.0 Å². The van der Waals surface area contributed by atoms with E-state index in [0.717, 1.165) is 46.3 Å². The summed E-state index contributed by atoms with van der Waals surface area (Å²) in [4.78, 5) is 23.3. The van der Waals surface area contributed by atoms with Gasteiger partial charge < -0.3 is 15.4 Å². The number of ether oxygens (including phenoxy) is 1. The van der Waals surface area contributed by atoms with Crippen molar-refractivity contribution < 1.29 is 9.53 Å². The standard InChI is InChI=1S/C22H26N4O2S2/c1-28-13-12-23-11-9-19(27)26-22-20(15-6-2-3-8-18(15)30-22)21-25-17(14-29-21)16-7-4-5-10-24-16/h4-5,7,10,14,23H,2-3,6,8-9,11-13H2,1H3,(H,26,27). The molecule has 0 fully saturated rings. The molecule has 4 rings (SSSR count). The molecule has 2 N–H and O–H groups in total. The second kappa shape index (κ2) is 10.3. The predicted octanol–water partition coefficient (Wildman–Crippen LogP) is 4.38. The Morgan fingerprint density at radius 2 is 2.10 bits per heavy atom. The highest BCUT2D eigenvalue weighted by molar-refractivity contribution is 7.18. The van der Waals surface area contributed by atoms with Gasteiger partial charge in [-0.2, -0.15) is 0 Å². The number of anilines is 1. The molecule has 0 spiro atoms. The zero-order chi connectivity index (χ0) is 20.8. The number of amides is 1. The second-order valence-corrected chi connectivity index (χ2v) is 9.17. The van der Waals surface area contributed by atoms with Crippen molar-refractivity contribution in [3.63, 3.8) is 0 Å². The van der Waals surface area contributed by atoms with Gasteiger partial charge in [-0.05, 0) is 43.4 Å². The second-order valence-electron chi connectivity index (χ2n) is 7.21. The van der Waals surface area contributed by atoms with Crippen molar-refractivity contribution in [3.05, 3.63) is 40.2 Å². The van der Waals surface area contributed by atoms with Gasteiger partial charge in [0, 0.05) is 48.6 Å². The van der Waals surface area contributed by atoms with Crippen LogP contribution in [0.25, 0.3) is 22.0 Å². The van der Waals surface area contributed by atoms with Gasteiger partial charge in [-0.25, -0.2) is 4.98 Å². The van der Waals surface area contributed by atoms with Gasteiger partial charge in [0.2, 0.25) is 5.91 Å². The van der Waals surface area contributed by atoms with Crippen LogP contribution >= 0.6 is 22.7 Å². The molecule has 0 bridgehead atoms. The largest absolute Gasteiger partial charge is 0.383 e. The topological polar surface area (TPSA) is 76.1 Å². The Morgan fingerprint density at radius 3 is 2.93 bits per heavy atom.